The minimum absolute atomic E-state index is 0.0437. The van der Waals surface area contributed by atoms with E-state index in [2.05, 4.69) is 40.7 Å². The Balaban J connectivity index is 1.94. The predicted octanol–water partition coefficient (Wildman–Crippen LogP) is 2.36. The summed E-state index contributed by atoms with van der Waals surface area (Å²) in [4.78, 5) is 11.8. The third-order valence-corrected chi connectivity index (χ3v) is 3.67. The third kappa shape index (κ3) is 2.85. The number of rotatable bonds is 4. The highest BCUT2D eigenvalue weighted by Crippen LogP contribution is 2.21. The first-order chi connectivity index (χ1) is 10.3. The van der Waals surface area contributed by atoms with Gasteiger partial charge in [0.15, 0.2) is 0 Å². The van der Waals surface area contributed by atoms with Crippen LogP contribution in [0.15, 0.2) is 65.6 Å². The topological polar surface area (TPSA) is 46.9 Å². The molecule has 0 aliphatic heterocycles. The number of fused-ring (bicyclic) bond motifs is 1. The van der Waals surface area contributed by atoms with E-state index in [1.54, 1.807) is 12.3 Å². The van der Waals surface area contributed by atoms with Crippen LogP contribution in [-0.2, 0) is 6.54 Å². The molecule has 0 radical (unpaired) electrons. The Morgan fingerprint density at radius 3 is 2.67 bits per heavy atom. The van der Waals surface area contributed by atoms with Crippen LogP contribution in [0.25, 0.3) is 10.8 Å². The molecule has 2 aromatic carbocycles. The number of nitrogens with zero attached hydrogens (tertiary/aromatic N) is 2. The van der Waals surface area contributed by atoms with Crippen LogP contribution in [0.4, 0.5) is 0 Å². The molecule has 1 aromatic heterocycles. The molecule has 1 atom stereocenters. The second kappa shape index (κ2) is 5.89. The summed E-state index contributed by atoms with van der Waals surface area (Å²) in [5, 5.41) is 9.79. The van der Waals surface area contributed by atoms with Gasteiger partial charge in [-0.25, -0.2) is 4.68 Å². The molecule has 1 N–H and O–H groups in total. The number of hydrogen-bond donors (Lipinski definition) is 1. The van der Waals surface area contributed by atoms with Gasteiger partial charge in [-0.1, -0.05) is 36.4 Å². The molecule has 0 amide bonds. The van der Waals surface area contributed by atoms with Gasteiger partial charge in [-0.2, -0.15) is 5.10 Å². The minimum Gasteiger partial charge on any atom is -0.311 e. The third-order valence-electron chi connectivity index (χ3n) is 3.67. The van der Waals surface area contributed by atoms with Crippen molar-refractivity contribution in [2.45, 2.75) is 12.6 Å². The Morgan fingerprint density at radius 1 is 1.10 bits per heavy atom. The highest BCUT2D eigenvalue weighted by Gasteiger charge is 2.11. The molecular weight excluding hydrogens is 262 g/mol. The van der Waals surface area contributed by atoms with E-state index in [0.29, 0.717) is 6.54 Å². The van der Waals surface area contributed by atoms with E-state index in [9.17, 15) is 4.79 Å². The van der Waals surface area contributed by atoms with Crippen LogP contribution in [-0.4, -0.2) is 16.8 Å². The fraction of sp³-hybridized carbons (Fsp3) is 0.176. The van der Waals surface area contributed by atoms with Crippen LogP contribution in [0, 0.1) is 0 Å². The largest absolute Gasteiger partial charge is 0.311 e. The molecule has 3 aromatic rings. The van der Waals surface area contributed by atoms with E-state index < -0.39 is 0 Å². The first-order valence-electron chi connectivity index (χ1n) is 6.96. The number of likely N-dealkylation sites (N-methyl/N-ethyl adjacent to an activating group) is 1. The summed E-state index contributed by atoms with van der Waals surface area (Å²) >= 11 is 0. The number of benzene rings is 2. The molecule has 1 heterocycles. The molecule has 0 fully saturated rings. The first kappa shape index (κ1) is 13.5. The highest BCUT2D eigenvalue weighted by atomic mass is 16.1. The van der Waals surface area contributed by atoms with Crippen molar-refractivity contribution < 1.29 is 0 Å². The Kier molecular flexibility index (Phi) is 3.79. The van der Waals surface area contributed by atoms with E-state index >= 15 is 0 Å². The van der Waals surface area contributed by atoms with Crippen molar-refractivity contribution in [3.05, 3.63) is 76.7 Å². The van der Waals surface area contributed by atoms with Gasteiger partial charge in [-0.15, -0.1) is 0 Å². The molecule has 21 heavy (non-hydrogen) atoms. The lowest BCUT2D eigenvalue weighted by Gasteiger charge is -2.17. The minimum atomic E-state index is -0.0847. The SMILES string of the molecule is CNC(Cn1ncccc1=O)c1ccc2ccccc2c1. The Hall–Kier alpha value is -2.46. The van der Waals surface area contributed by atoms with Crippen molar-refractivity contribution in [3.63, 3.8) is 0 Å². The molecule has 0 spiro atoms. The van der Waals surface area contributed by atoms with Crippen LogP contribution >= 0.6 is 0 Å². The van der Waals surface area contributed by atoms with Crippen molar-refractivity contribution in [2.75, 3.05) is 7.05 Å². The van der Waals surface area contributed by atoms with Crippen LogP contribution in [0.3, 0.4) is 0 Å². The van der Waals surface area contributed by atoms with Gasteiger partial charge in [-0.05, 0) is 35.5 Å². The van der Waals surface area contributed by atoms with Gasteiger partial charge in [0.05, 0.1) is 12.6 Å². The predicted molar refractivity (Wildman–Crippen MR) is 84.2 cm³/mol. The van der Waals surface area contributed by atoms with Crippen molar-refractivity contribution in [1.82, 2.24) is 15.1 Å². The van der Waals surface area contributed by atoms with Crippen LogP contribution in [0.1, 0.15) is 11.6 Å². The van der Waals surface area contributed by atoms with Gasteiger partial charge < -0.3 is 5.32 Å². The summed E-state index contributed by atoms with van der Waals surface area (Å²) in [5.41, 5.74) is 1.06. The lowest BCUT2D eigenvalue weighted by Crippen LogP contribution is -2.29. The maximum Gasteiger partial charge on any atom is 0.266 e. The lowest BCUT2D eigenvalue weighted by molar-refractivity contribution is 0.452. The van der Waals surface area contributed by atoms with Gasteiger partial charge in [0.2, 0.25) is 0 Å². The molecule has 4 nitrogen and oxygen atoms in total. The molecule has 1 unspecified atom stereocenters. The van der Waals surface area contributed by atoms with E-state index in [0.717, 1.165) is 5.56 Å². The maximum absolute atomic E-state index is 11.8. The summed E-state index contributed by atoms with van der Waals surface area (Å²) in [5.74, 6) is 0. The molecular formula is C17H17N3O. The summed E-state index contributed by atoms with van der Waals surface area (Å²) in [7, 11) is 1.90. The summed E-state index contributed by atoms with van der Waals surface area (Å²) in [6, 6.07) is 17.8. The van der Waals surface area contributed by atoms with Gasteiger partial charge in [-0.3, -0.25) is 4.79 Å². The molecule has 0 bridgehead atoms. The number of nitrogens with one attached hydrogen (secondary N) is 1. The molecule has 0 saturated heterocycles. The summed E-state index contributed by atoms with van der Waals surface area (Å²) in [6.45, 7) is 0.508. The second-order valence-corrected chi connectivity index (χ2v) is 4.99. The first-order valence-corrected chi connectivity index (χ1v) is 6.96. The van der Waals surface area contributed by atoms with E-state index in [1.165, 1.54) is 21.5 Å². The van der Waals surface area contributed by atoms with Crippen LogP contribution in [0.5, 0.6) is 0 Å². The summed E-state index contributed by atoms with van der Waals surface area (Å²) < 4.78 is 1.48. The monoisotopic (exact) mass is 279 g/mol. The molecule has 3 rings (SSSR count). The van der Waals surface area contributed by atoms with Crippen molar-refractivity contribution in [3.8, 4) is 0 Å². The fourth-order valence-electron chi connectivity index (χ4n) is 2.49. The zero-order valence-corrected chi connectivity index (χ0v) is 11.9. The molecule has 106 valence electrons. The van der Waals surface area contributed by atoms with E-state index in [-0.39, 0.29) is 11.6 Å². The van der Waals surface area contributed by atoms with Crippen molar-refractivity contribution >= 4 is 10.8 Å². The zero-order chi connectivity index (χ0) is 14.7. The molecule has 0 aliphatic rings. The Bertz CT molecular complexity index is 810. The van der Waals surface area contributed by atoms with Gasteiger partial charge >= 0.3 is 0 Å². The van der Waals surface area contributed by atoms with Gasteiger partial charge in [0, 0.05) is 12.3 Å². The highest BCUT2D eigenvalue weighted by molar-refractivity contribution is 5.83. The number of aromatic nitrogens is 2. The lowest BCUT2D eigenvalue weighted by atomic mass is 10.0. The van der Waals surface area contributed by atoms with Crippen molar-refractivity contribution in [1.29, 1.82) is 0 Å². The molecule has 0 saturated carbocycles. The zero-order valence-electron chi connectivity index (χ0n) is 11.9. The number of hydrogen-bond acceptors (Lipinski definition) is 3. The average Bonchev–Trinajstić information content (AvgIpc) is 2.54. The maximum atomic E-state index is 11.8. The summed E-state index contributed by atoms with van der Waals surface area (Å²) in [6.07, 6.45) is 1.63. The fourth-order valence-corrected chi connectivity index (χ4v) is 2.49. The average molecular weight is 279 g/mol. The quantitative estimate of drug-likeness (QED) is 0.797. The molecule has 0 aliphatic carbocycles. The Labute approximate surface area is 123 Å². The van der Waals surface area contributed by atoms with Crippen LogP contribution < -0.4 is 10.9 Å². The van der Waals surface area contributed by atoms with Crippen LogP contribution in [0.2, 0.25) is 0 Å². The normalized spacial score (nSPS) is 12.4. The Morgan fingerprint density at radius 2 is 1.90 bits per heavy atom. The van der Waals surface area contributed by atoms with E-state index in [1.807, 2.05) is 19.2 Å². The van der Waals surface area contributed by atoms with Gasteiger partial charge in [0.25, 0.3) is 5.56 Å². The van der Waals surface area contributed by atoms with Gasteiger partial charge in [0.1, 0.15) is 0 Å². The second-order valence-electron chi connectivity index (χ2n) is 4.99. The molecule has 4 heteroatoms. The van der Waals surface area contributed by atoms with E-state index in [4.69, 9.17) is 0 Å². The standard InChI is InChI=1S/C17H17N3O/c1-18-16(12-20-17(21)7-4-10-19-20)15-9-8-13-5-2-3-6-14(13)11-15/h2-11,16,18H,12H2,1H3. The van der Waals surface area contributed by atoms with Crippen molar-refractivity contribution in [2.24, 2.45) is 0 Å². The smallest absolute Gasteiger partial charge is 0.266 e.